The van der Waals surface area contributed by atoms with Gasteiger partial charge in [0.2, 0.25) is 5.91 Å². The van der Waals surface area contributed by atoms with Crippen LogP contribution in [0.4, 0.5) is 10.1 Å². The van der Waals surface area contributed by atoms with Gasteiger partial charge in [-0.1, -0.05) is 17.8 Å². The van der Waals surface area contributed by atoms with E-state index in [9.17, 15) is 14.0 Å². The first-order chi connectivity index (χ1) is 11.8. The van der Waals surface area contributed by atoms with E-state index in [1.807, 2.05) is 0 Å². The largest absolute Gasteiger partial charge is 0.325 e. The molecule has 25 heavy (non-hydrogen) atoms. The van der Waals surface area contributed by atoms with E-state index in [1.165, 1.54) is 17.8 Å². The summed E-state index contributed by atoms with van der Waals surface area (Å²) in [5.74, 6) is -0.0974. The van der Waals surface area contributed by atoms with Crippen molar-refractivity contribution in [1.29, 1.82) is 0 Å². The van der Waals surface area contributed by atoms with Gasteiger partial charge in [0.1, 0.15) is 11.6 Å². The first kappa shape index (κ1) is 17.2. The number of rotatable bonds is 4. The van der Waals surface area contributed by atoms with Crippen LogP contribution in [-0.4, -0.2) is 31.2 Å². The van der Waals surface area contributed by atoms with Crippen LogP contribution in [0, 0.1) is 19.7 Å². The van der Waals surface area contributed by atoms with Gasteiger partial charge < -0.3 is 14.9 Å². The third-order valence-electron chi connectivity index (χ3n) is 3.59. The van der Waals surface area contributed by atoms with Crippen LogP contribution in [0.5, 0.6) is 0 Å². The van der Waals surface area contributed by atoms with Gasteiger partial charge in [0.05, 0.1) is 5.75 Å². The lowest BCUT2D eigenvalue weighted by atomic mass is 10.2. The summed E-state index contributed by atoms with van der Waals surface area (Å²) in [4.78, 5) is 35.1. The molecular formula is C16H16FN5O2S. The van der Waals surface area contributed by atoms with Crippen LogP contribution in [0.15, 0.2) is 28.2 Å². The molecule has 0 bridgehead atoms. The molecule has 2 aromatic heterocycles. The van der Waals surface area contributed by atoms with Crippen molar-refractivity contribution in [3.05, 3.63) is 45.8 Å². The maximum absolute atomic E-state index is 13.5. The third-order valence-corrected chi connectivity index (χ3v) is 4.62. The number of carbonyl (C=O) groups is 1. The van der Waals surface area contributed by atoms with Gasteiger partial charge in [0.15, 0.2) is 16.3 Å². The van der Waals surface area contributed by atoms with Crippen LogP contribution < -0.4 is 10.9 Å². The predicted molar refractivity (Wildman–Crippen MR) is 94.4 cm³/mol. The number of imidazole rings is 1. The molecule has 0 spiro atoms. The number of aryl methyl sites for hydroxylation is 3. The highest BCUT2D eigenvalue weighted by Gasteiger charge is 2.14. The summed E-state index contributed by atoms with van der Waals surface area (Å²) in [6.45, 7) is 3.34. The zero-order chi connectivity index (χ0) is 18.1. The van der Waals surface area contributed by atoms with Gasteiger partial charge in [0, 0.05) is 12.7 Å². The number of H-pyrrole nitrogens is 1. The third kappa shape index (κ3) is 3.55. The first-order valence-electron chi connectivity index (χ1n) is 7.47. The van der Waals surface area contributed by atoms with Gasteiger partial charge in [-0.25, -0.2) is 14.4 Å². The number of aromatic nitrogens is 4. The van der Waals surface area contributed by atoms with Crippen molar-refractivity contribution in [2.24, 2.45) is 7.05 Å². The Labute approximate surface area is 146 Å². The number of amides is 1. The Bertz CT molecular complexity index is 1030. The van der Waals surface area contributed by atoms with Crippen molar-refractivity contribution in [2.45, 2.75) is 19.0 Å². The van der Waals surface area contributed by atoms with E-state index in [-0.39, 0.29) is 28.6 Å². The molecule has 2 N–H and O–H groups in total. The molecule has 0 saturated heterocycles. The van der Waals surface area contributed by atoms with Crippen molar-refractivity contribution in [1.82, 2.24) is 19.5 Å². The Hall–Kier alpha value is -2.68. The van der Waals surface area contributed by atoms with Crippen LogP contribution in [-0.2, 0) is 11.8 Å². The fraction of sp³-hybridized carbons (Fsp3) is 0.250. The molecule has 0 aliphatic carbocycles. The van der Waals surface area contributed by atoms with E-state index >= 15 is 0 Å². The number of carbonyl (C=O) groups excluding carboxylic acids is 1. The smallest absolute Gasteiger partial charge is 0.279 e. The quantitative estimate of drug-likeness (QED) is 0.695. The molecule has 0 aliphatic heterocycles. The first-order valence-corrected chi connectivity index (χ1v) is 8.46. The molecule has 0 unspecified atom stereocenters. The molecule has 3 aromatic rings. The number of hydrogen-bond donors (Lipinski definition) is 2. The monoisotopic (exact) mass is 361 g/mol. The van der Waals surface area contributed by atoms with Crippen LogP contribution in [0.2, 0.25) is 0 Å². The molecule has 1 amide bonds. The molecule has 1 aromatic carbocycles. The van der Waals surface area contributed by atoms with Gasteiger partial charge in [-0.2, -0.15) is 0 Å². The molecule has 0 atom stereocenters. The molecular weight excluding hydrogens is 345 g/mol. The fourth-order valence-corrected chi connectivity index (χ4v) is 3.06. The standard InChI is InChI=1S/C16H16FN5O2S/c1-8-4-5-10(6-11(8)17)20-12(23)7-25-16-21-13-14(22(16)3)18-9(2)19-15(13)24/h4-6H,7H2,1-3H3,(H,20,23)(H,18,19,24). The summed E-state index contributed by atoms with van der Waals surface area (Å²) in [7, 11) is 1.73. The van der Waals surface area contributed by atoms with Crippen molar-refractivity contribution in [3.8, 4) is 0 Å². The Morgan fingerprint density at radius 2 is 2.12 bits per heavy atom. The summed E-state index contributed by atoms with van der Waals surface area (Å²) in [5, 5.41) is 3.14. The second-order valence-corrected chi connectivity index (χ2v) is 6.52. The van der Waals surface area contributed by atoms with E-state index in [4.69, 9.17) is 0 Å². The average Bonchev–Trinajstić information content (AvgIpc) is 2.86. The maximum atomic E-state index is 13.5. The molecule has 2 heterocycles. The van der Waals surface area contributed by atoms with Gasteiger partial charge in [-0.15, -0.1) is 0 Å². The van der Waals surface area contributed by atoms with Crippen LogP contribution in [0.25, 0.3) is 11.2 Å². The highest BCUT2D eigenvalue weighted by atomic mass is 32.2. The predicted octanol–water partition coefficient (Wildman–Crippen LogP) is 2.14. The van der Waals surface area contributed by atoms with E-state index in [1.54, 1.807) is 37.6 Å². The van der Waals surface area contributed by atoms with Crippen molar-refractivity contribution >= 4 is 34.5 Å². The van der Waals surface area contributed by atoms with E-state index in [0.29, 0.717) is 27.9 Å². The number of halogens is 1. The van der Waals surface area contributed by atoms with Crippen molar-refractivity contribution < 1.29 is 9.18 Å². The zero-order valence-corrected chi connectivity index (χ0v) is 14.7. The van der Waals surface area contributed by atoms with E-state index in [2.05, 4.69) is 20.3 Å². The number of hydrogen-bond acceptors (Lipinski definition) is 5. The van der Waals surface area contributed by atoms with Crippen LogP contribution >= 0.6 is 11.8 Å². The number of nitrogens with zero attached hydrogens (tertiary/aromatic N) is 3. The summed E-state index contributed by atoms with van der Waals surface area (Å²) in [6.07, 6.45) is 0. The summed E-state index contributed by atoms with van der Waals surface area (Å²) >= 11 is 1.18. The van der Waals surface area contributed by atoms with E-state index in [0.717, 1.165) is 0 Å². The lowest BCUT2D eigenvalue weighted by Crippen LogP contribution is -2.14. The number of nitrogens with one attached hydrogen (secondary N) is 2. The number of anilines is 1. The number of thioether (sulfide) groups is 1. The second kappa shape index (κ2) is 6.67. The molecule has 9 heteroatoms. The molecule has 3 rings (SSSR count). The van der Waals surface area contributed by atoms with E-state index < -0.39 is 0 Å². The van der Waals surface area contributed by atoms with Gasteiger partial charge in [-0.3, -0.25) is 9.59 Å². The van der Waals surface area contributed by atoms with Crippen molar-refractivity contribution in [2.75, 3.05) is 11.1 Å². The number of benzene rings is 1. The Balaban J connectivity index is 1.73. The molecule has 7 nitrogen and oxygen atoms in total. The minimum absolute atomic E-state index is 0.0730. The van der Waals surface area contributed by atoms with Gasteiger partial charge in [-0.05, 0) is 31.5 Å². The highest BCUT2D eigenvalue weighted by Crippen LogP contribution is 2.20. The fourth-order valence-electron chi connectivity index (χ4n) is 2.29. The topological polar surface area (TPSA) is 92.7 Å². The Morgan fingerprint density at radius 3 is 2.84 bits per heavy atom. The normalized spacial score (nSPS) is 11.0. The minimum Gasteiger partial charge on any atom is -0.325 e. The van der Waals surface area contributed by atoms with Crippen LogP contribution in [0.1, 0.15) is 11.4 Å². The molecule has 130 valence electrons. The molecule has 0 aliphatic rings. The maximum Gasteiger partial charge on any atom is 0.279 e. The number of aromatic amines is 1. The molecule has 0 saturated carbocycles. The summed E-state index contributed by atoms with van der Waals surface area (Å²) in [6, 6.07) is 4.52. The second-order valence-electron chi connectivity index (χ2n) is 5.58. The zero-order valence-electron chi connectivity index (χ0n) is 13.9. The summed E-state index contributed by atoms with van der Waals surface area (Å²) in [5.41, 5.74) is 1.29. The number of fused-ring (bicyclic) bond motifs is 1. The van der Waals surface area contributed by atoms with Crippen molar-refractivity contribution in [3.63, 3.8) is 0 Å². The van der Waals surface area contributed by atoms with Crippen LogP contribution in [0.3, 0.4) is 0 Å². The molecule has 0 radical (unpaired) electrons. The minimum atomic E-state index is -0.374. The highest BCUT2D eigenvalue weighted by molar-refractivity contribution is 7.99. The molecule has 0 fully saturated rings. The van der Waals surface area contributed by atoms with Gasteiger partial charge in [0.25, 0.3) is 5.56 Å². The Morgan fingerprint density at radius 1 is 1.36 bits per heavy atom. The Kier molecular flexibility index (Phi) is 4.58. The van der Waals surface area contributed by atoms with Gasteiger partial charge >= 0.3 is 0 Å². The lowest BCUT2D eigenvalue weighted by molar-refractivity contribution is -0.113. The average molecular weight is 361 g/mol. The summed E-state index contributed by atoms with van der Waals surface area (Å²) < 4.78 is 15.2. The SMILES string of the molecule is Cc1nc2c(nc(SCC(=O)Nc3ccc(C)c(F)c3)n2C)c(=O)[nH]1. The lowest BCUT2D eigenvalue weighted by Gasteiger charge is -2.06.